The number of anilines is 2. The number of carbonyl (C=O) groups is 4. The molecule has 0 fully saturated rings. The molecule has 0 spiro atoms. The number of thioether (sulfide) groups is 1. The first kappa shape index (κ1) is 31.5. The number of esters is 1. The number of hydrogen-bond donors (Lipinski definition) is 3. The molecule has 3 amide bonds. The number of nitrogens with one attached hydrogen (secondary N) is 3. The van der Waals surface area contributed by atoms with Crippen molar-refractivity contribution in [2.75, 3.05) is 23.0 Å². The zero-order chi connectivity index (χ0) is 30.6. The second kappa shape index (κ2) is 15.7. The van der Waals surface area contributed by atoms with Crippen molar-refractivity contribution in [2.45, 2.75) is 18.2 Å². The Balaban J connectivity index is 1.35. The van der Waals surface area contributed by atoms with E-state index in [4.69, 9.17) is 16.3 Å². The van der Waals surface area contributed by atoms with Gasteiger partial charge >= 0.3 is 5.97 Å². The Labute approximate surface area is 261 Å². The van der Waals surface area contributed by atoms with Gasteiger partial charge in [-0.05, 0) is 61.0 Å². The number of ether oxygens (including phenoxy) is 1. The summed E-state index contributed by atoms with van der Waals surface area (Å²) in [5.41, 5.74) is 2.02. The number of halogens is 1. The molecule has 0 aliphatic heterocycles. The summed E-state index contributed by atoms with van der Waals surface area (Å²) in [5.74, 6) is -1.45. The van der Waals surface area contributed by atoms with Crippen molar-refractivity contribution in [1.29, 1.82) is 0 Å². The van der Waals surface area contributed by atoms with Crippen LogP contribution in [0.1, 0.15) is 28.5 Å². The molecule has 43 heavy (non-hydrogen) atoms. The van der Waals surface area contributed by atoms with E-state index in [2.05, 4.69) is 20.9 Å². The fraction of sp³-hybridized carbons (Fsp3) is 0.129. The van der Waals surface area contributed by atoms with Gasteiger partial charge in [-0.25, -0.2) is 4.98 Å². The maximum atomic E-state index is 13.2. The number of thiazole rings is 1. The first-order valence-electron chi connectivity index (χ1n) is 13.1. The third kappa shape index (κ3) is 9.81. The molecule has 0 unspecified atom stereocenters. The van der Waals surface area contributed by atoms with E-state index in [-0.39, 0.29) is 29.7 Å². The van der Waals surface area contributed by atoms with Crippen LogP contribution in [0.4, 0.5) is 10.8 Å². The van der Waals surface area contributed by atoms with Crippen LogP contribution >= 0.6 is 34.7 Å². The third-order valence-corrected chi connectivity index (χ3v) is 7.81. The number of rotatable bonds is 12. The fourth-order valence-electron chi connectivity index (χ4n) is 3.63. The smallest absolute Gasteiger partial charge is 0.311 e. The van der Waals surface area contributed by atoms with E-state index in [0.717, 1.165) is 4.90 Å². The maximum absolute atomic E-state index is 13.2. The van der Waals surface area contributed by atoms with E-state index >= 15 is 0 Å². The standard InChI is InChI=1S/C31H27ClN4O5S2/c1-2-41-28(38)17-23-18-43-31(34-23)36-27(37)19-42-24-14-12-22(13-15-24)33-30(40)26(16-21-10-6-7-11-25(21)32)35-29(39)20-8-4-3-5-9-20/h3-16,18H,2,17,19H2,1H3,(H,33,40)(H,35,39)(H,34,36,37)/b26-16-. The summed E-state index contributed by atoms with van der Waals surface area (Å²) >= 11 is 8.84. The molecule has 1 heterocycles. The van der Waals surface area contributed by atoms with Crippen LogP contribution in [0.5, 0.6) is 0 Å². The molecule has 1 aromatic heterocycles. The number of amides is 3. The zero-order valence-corrected chi connectivity index (χ0v) is 25.4. The molecular weight excluding hydrogens is 608 g/mol. The number of benzene rings is 3. The van der Waals surface area contributed by atoms with Crippen molar-refractivity contribution < 1.29 is 23.9 Å². The lowest BCUT2D eigenvalue weighted by atomic mass is 10.1. The summed E-state index contributed by atoms with van der Waals surface area (Å²) in [7, 11) is 0. The largest absolute Gasteiger partial charge is 0.466 e. The SMILES string of the molecule is CCOC(=O)Cc1csc(NC(=O)CSc2ccc(NC(=O)/C(=C/c3ccccc3Cl)NC(=O)c3ccccc3)cc2)n1. The van der Waals surface area contributed by atoms with Crippen molar-refractivity contribution in [3.05, 3.63) is 112 Å². The summed E-state index contributed by atoms with van der Waals surface area (Å²) in [6, 6.07) is 22.5. The van der Waals surface area contributed by atoms with Gasteiger partial charge in [-0.3, -0.25) is 19.2 Å². The van der Waals surface area contributed by atoms with E-state index in [1.807, 2.05) is 0 Å². The molecule has 0 bridgehead atoms. The molecule has 0 aliphatic rings. The van der Waals surface area contributed by atoms with Gasteiger partial charge in [0.1, 0.15) is 5.70 Å². The van der Waals surface area contributed by atoms with E-state index in [9.17, 15) is 19.2 Å². The Morgan fingerprint density at radius 3 is 2.40 bits per heavy atom. The van der Waals surface area contributed by atoms with Gasteiger partial charge in [-0.2, -0.15) is 0 Å². The second-order valence-electron chi connectivity index (χ2n) is 8.84. The minimum atomic E-state index is -0.533. The Kier molecular flexibility index (Phi) is 11.5. The number of nitrogens with zero attached hydrogens (tertiary/aromatic N) is 1. The summed E-state index contributed by atoms with van der Waals surface area (Å²) < 4.78 is 4.91. The lowest BCUT2D eigenvalue weighted by molar-refractivity contribution is -0.142. The molecule has 0 atom stereocenters. The molecule has 0 saturated carbocycles. The van der Waals surface area contributed by atoms with Crippen molar-refractivity contribution >= 4 is 75.3 Å². The predicted octanol–water partition coefficient (Wildman–Crippen LogP) is 6.04. The first-order chi connectivity index (χ1) is 20.8. The molecule has 3 N–H and O–H groups in total. The molecule has 4 aromatic rings. The van der Waals surface area contributed by atoms with Gasteiger partial charge in [-0.1, -0.05) is 48.0 Å². The van der Waals surface area contributed by atoms with Crippen LogP contribution in [0.2, 0.25) is 5.02 Å². The van der Waals surface area contributed by atoms with E-state index < -0.39 is 11.8 Å². The monoisotopic (exact) mass is 634 g/mol. The van der Waals surface area contributed by atoms with Gasteiger partial charge in [-0.15, -0.1) is 23.1 Å². The van der Waals surface area contributed by atoms with E-state index in [1.165, 1.54) is 29.2 Å². The molecular formula is C31H27ClN4O5S2. The fourth-order valence-corrected chi connectivity index (χ4v) is 5.25. The van der Waals surface area contributed by atoms with Crippen molar-refractivity contribution in [1.82, 2.24) is 10.3 Å². The Hall–Kier alpha value is -4.45. The first-order valence-corrected chi connectivity index (χ1v) is 15.3. The van der Waals surface area contributed by atoms with Gasteiger partial charge in [0.25, 0.3) is 11.8 Å². The lowest BCUT2D eigenvalue weighted by Crippen LogP contribution is -2.30. The van der Waals surface area contributed by atoms with Crippen molar-refractivity contribution in [2.24, 2.45) is 0 Å². The van der Waals surface area contributed by atoms with Crippen molar-refractivity contribution in [3.63, 3.8) is 0 Å². The van der Waals surface area contributed by atoms with E-state index in [1.54, 1.807) is 91.2 Å². The molecule has 12 heteroatoms. The van der Waals surface area contributed by atoms with Crippen molar-refractivity contribution in [3.8, 4) is 0 Å². The molecule has 9 nitrogen and oxygen atoms in total. The van der Waals surface area contributed by atoms with Crippen LogP contribution in [0.3, 0.4) is 0 Å². The summed E-state index contributed by atoms with van der Waals surface area (Å²) in [6.07, 6.45) is 1.57. The highest BCUT2D eigenvalue weighted by atomic mass is 35.5. The van der Waals surface area contributed by atoms with Crippen LogP contribution in [0, 0.1) is 0 Å². The lowest BCUT2D eigenvalue weighted by Gasteiger charge is -2.12. The Bertz CT molecular complexity index is 1620. The molecule has 220 valence electrons. The average Bonchev–Trinajstić information content (AvgIpc) is 3.44. The topological polar surface area (TPSA) is 126 Å². The predicted molar refractivity (Wildman–Crippen MR) is 170 cm³/mol. The molecule has 4 rings (SSSR count). The highest BCUT2D eigenvalue weighted by molar-refractivity contribution is 8.00. The number of carbonyl (C=O) groups excluding carboxylic acids is 4. The van der Waals surface area contributed by atoms with Gasteiger partial charge in [0.2, 0.25) is 5.91 Å². The van der Waals surface area contributed by atoms with Gasteiger partial charge < -0.3 is 20.7 Å². The quantitative estimate of drug-likeness (QED) is 0.0985. The Morgan fingerprint density at radius 2 is 1.67 bits per heavy atom. The maximum Gasteiger partial charge on any atom is 0.311 e. The van der Waals surface area contributed by atoms with Crippen LogP contribution in [0.25, 0.3) is 6.08 Å². The van der Waals surface area contributed by atoms with Crippen LogP contribution < -0.4 is 16.0 Å². The van der Waals surface area contributed by atoms with Crippen LogP contribution in [-0.4, -0.2) is 41.0 Å². The highest BCUT2D eigenvalue weighted by Crippen LogP contribution is 2.23. The molecule has 0 radical (unpaired) electrons. The zero-order valence-electron chi connectivity index (χ0n) is 23.0. The van der Waals surface area contributed by atoms with Gasteiger partial charge in [0.15, 0.2) is 5.13 Å². The average molecular weight is 635 g/mol. The van der Waals surface area contributed by atoms with Crippen LogP contribution in [-0.2, 0) is 25.5 Å². The minimum absolute atomic E-state index is 0.0182. The number of hydrogen-bond acceptors (Lipinski definition) is 8. The summed E-state index contributed by atoms with van der Waals surface area (Å²) in [5, 5.41) is 10.7. The summed E-state index contributed by atoms with van der Waals surface area (Å²) in [4.78, 5) is 55.1. The third-order valence-electron chi connectivity index (χ3n) is 5.64. The normalized spacial score (nSPS) is 11.0. The Morgan fingerprint density at radius 1 is 0.953 bits per heavy atom. The molecule has 0 saturated heterocycles. The minimum Gasteiger partial charge on any atom is -0.466 e. The highest BCUT2D eigenvalue weighted by Gasteiger charge is 2.16. The number of aromatic nitrogens is 1. The molecule has 0 aliphatic carbocycles. The van der Waals surface area contributed by atoms with E-state index in [0.29, 0.717) is 39.3 Å². The van der Waals surface area contributed by atoms with Crippen LogP contribution in [0.15, 0.2) is 94.8 Å². The molecule has 3 aromatic carbocycles. The van der Waals surface area contributed by atoms with Gasteiger partial charge in [0.05, 0.1) is 24.5 Å². The summed E-state index contributed by atoms with van der Waals surface area (Å²) in [6.45, 7) is 2.03. The second-order valence-corrected chi connectivity index (χ2v) is 11.2. The van der Waals surface area contributed by atoms with Gasteiger partial charge in [0, 0.05) is 26.5 Å².